The first-order valence-electron chi connectivity index (χ1n) is 8.22. The minimum Gasteiger partial charge on any atom is -0.383 e. The van der Waals surface area contributed by atoms with Gasteiger partial charge in [-0.1, -0.05) is 13.8 Å². The van der Waals surface area contributed by atoms with Gasteiger partial charge < -0.3 is 15.0 Å². The molecule has 0 aliphatic carbocycles. The lowest BCUT2D eigenvalue weighted by molar-refractivity contribution is -0.134. The first-order chi connectivity index (χ1) is 9.72. The van der Waals surface area contributed by atoms with E-state index in [4.69, 9.17) is 4.74 Å². The highest BCUT2D eigenvalue weighted by Crippen LogP contribution is 2.19. The summed E-state index contributed by atoms with van der Waals surface area (Å²) in [7, 11) is 1.70. The van der Waals surface area contributed by atoms with Crippen LogP contribution < -0.4 is 5.32 Å². The molecular weight excluding hydrogens is 252 g/mol. The van der Waals surface area contributed by atoms with Crippen molar-refractivity contribution >= 4 is 5.91 Å². The Labute approximate surface area is 124 Å². The third kappa shape index (κ3) is 5.80. The van der Waals surface area contributed by atoms with Crippen LogP contribution in [0.4, 0.5) is 0 Å². The van der Waals surface area contributed by atoms with Crippen molar-refractivity contribution in [3.8, 4) is 0 Å². The van der Waals surface area contributed by atoms with Crippen LogP contribution in [0.3, 0.4) is 0 Å². The molecule has 0 spiro atoms. The molecule has 1 rings (SSSR count). The quantitative estimate of drug-likeness (QED) is 0.707. The van der Waals surface area contributed by atoms with Crippen LogP contribution in [0, 0.1) is 5.92 Å². The lowest BCUT2D eigenvalue weighted by atomic mass is 9.93. The van der Waals surface area contributed by atoms with Crippen molar-refractivity contribution in [2.75, 3.05) is 33.4 Å². The van der Waals surface area contributed by atoms with E-state index < -0.39 is 0 Å². The van der Waals surface area contributed by atoms with E-state index in [1.54, 1.807) is 7.11 Å². The summed E-state index contributed by atoms with van der Waals surface area (Å²) in [6, 6.07) is 0.366. The Morgan fingerprint density at radius 2 is 1.95 bits per heavy atom. The molecule has 0 unspecified atom stereocenters. The largest absolute Gasteiger partial charge is 0.383 e. The number of piperidine rings is 1. The number of rotatable bonds is 9. The Morgan fingerprint density at radius 3 is 2.50 bits per heavy atom. The molecule has 1 saturated heterocycles. The number of nitrogens with one attached hydrogen (secondary N) is 1. The number of methoxy groups -OCH3 is 1. The minimum atomic E-state index is 0.314. The van der Waals surface area contributed by atoms with Crippen LogP contribution in [-0.4, -0.2) is 50.2 Å². The van der Waals surface area contributed by atoms with E-state index in [2.05, 4.69) is 19.2 Å². The van der Waals surface area contributed by atoms with Gasteiger partial charge in [0.15, 0.2) is 0 Å². The molecule has 20 heavy (non-hydrogen) atoms. The highest BCUT2D eigenvalue weighted by atomic mass is 16.5. The van der Waals surface area contributed by atoms with Gasteiger partial charge in [-0.25, -0.2) is 0 Å². The molecule has 0 aromatic heterocycles. The summed E-state index contributed by atoms with van der Waals surface area (Å²) < 4.78 is 5.15. The molecule has 0 radical (unpaired) electrons. The lowest BCUT2D eigenvalue weighted by Gasteiger charge is -2.31. The summed E-state index contributed by atoms with van der Waals surface area (Å²) in [4.78, 5) is 14.6. The molecule has 1 aliphatic heterocycles. The second-order valence-corrected chi connectivity index (χ2v) is 5.78. The van der Waals surface area contributed by atoms with Crippen molar-refractivity contribution in [3.05, 3.63) is 0 Å². The number of hydrogen-bond acceptors (Lipinski definition) is 3. The first-order valence-corrected chi connectivity index (χ1v) is 8.22. The molecule has 0 saturated carbocycles. The van der Waals surface area contributed by atoms with Gasteiger partial charge in [-0.2, -0.15) is 0 Å². The van der Waals surface area contributed by atoms with E-state index in [9.17, 15) is 4.79 Å². The van der Waals surface area contributed by atoms with Crippen LogP contribution in [0.5, 0.6) is 0 Å². The SMILES string of the molecule is CCC(CC)N(CCOC)C(=O)CCC1CCNCC1. The van der Waals surface area contributed by atoms with Crippen LogP contribution in [-0.2, 0) is 9.53 Å². The van der Waals surface area contributed by atoms with Crippen LogP contribution in [0.25, 0.3) is 0 Å². The molecule has 0 atom stereocenters. The zero-order valence-electron chi connectivity index (χ0n) is 13.5. The molecule has 118 valence electrons. The van der Waals surface area contributed by atoms with Crippen LogP contribution in [0.1, 0.15) is 52.4 Å². The molecule has 1 aliphatic rings. The van der Waals surface area contributed by atoms with Gasteiger partial charge in [-0.05, 0) is 51.1 Å². The van der Waals surface area contributed by atoms with Crippen molar-refractivity contribution in [1.29, 1.82) is 0 Å². The van der Waals surface area contributed by atoms with Crippen LogP contribution >= 0.6 is 0 Å². The molecule has 0 aromatic carbocycles. The molecule has 1 N–H and O–H groups in total. The normalized spacial score (nSPS) is 16.6. The number of carbonyl (C=O) groups excluding carboxylic acids is 1. The number of carbonyl (C=O) groups is 1. The van der Waals surface area contributed by atoms with Crippen molar-refractivity contribution in [2.24, 2.45) is 5.92 Å². The zero-order chi connectivity index (χ0) is 14.8. The molecule has 1 fully saturated rings. The fourth-order valence-corrected chi connectivity index (χ4v) is 3.07. The maximum atomic E-state index is 12.5. The predicted octanol–water partition coefficient (Wildman–Crippen LogP) is 2.43. The van der Waals surface area contributed by atoms with Crippen LogP contribution in [0.15, 0.2) is 0 Å². The van der Waals surface area contributed by atoms with E-state index >= 15 is 0 Å². The Bertz CT molecular complexity index is 261. The van der Waals surface area contributed by atoms with E-state index in [-0.39, 0.29) is 0 Å². The van der Waals surface area contributed by atoms with Gasteiger partial charge in [0.2, 0.25) is 5.91 Å². The number of hydrogen-bond donors (Lipinski definition) is 1. The summed E-state index contributed by atoms with van der Waals surface area (Å²) in [5, 5.41) is 3.38. The summed E-state index contributed by atoms with van der Waals surface area (Å²) in [5.74, 6) is 1.04. The summed E-state index contributed by atoms with van der Waals surface area (Å²) in [6.45, 7) is 7.91. The molecule has 0 aromatic rings. The Balaban J connectivity index is 2.44. The molecule has 1 amide bonds. The summed E-state index contributed by atoms with van der Waals surface area (Å²) >= 11 is 0. The Kier molecular flexibility index (Phi) is 8.86. The van der Waals surface area contributed by atoms with Crippen molar-refractivity contribution < 1.29 is 9.53 Å². The molecule has 4 nitrogen and oxygen atoms in total. The van der Waals surface area contributed by atoms with E-state index in [1.165, 1.54) is 12.8 Å². The Morgan fingerprint density at radius 1 is 1.30 bits per heavy atom. The van der Waals surface area contributed by atoms with E-state index in [0.717, 1.165) is 44.8 Å². The van der Waals surface area contributed by atoms with Crippen molar-refractivity contribution in [1.82, 2.24) is 10.2 Å². The van der Waals surface area contributed by atoms with Crippen molar-refractivity contribution in [3.63, 3.8) is 0 Å². The van der Waals surface area contributed by atoms with Gasteiger partial charge >= 0.3 is 0 Å². The average Bonchev–Trinajstić information content (AvgIpc) is 2.50. The van der Waals surface area contributed by atoms with Gasteiger partial charge in [0.05, 0.1) is 6.61 Å². The highest BCUT2D eigenvalue weighted by molar-refractivity contribution is 5.76. The predicted molar refractivity (Wildman–Crippen MR) is 82.8 cm³/mol. The summed E-state index contributed by atoms with van der Waals surface area (Å²) in [6.07, 6.45) is 6.24. The summed E-state index contributed by atoms with van der Waals surface area (Å²) in [5.41, 5.74) is 0. The van der Waals surface area contributed by atoms with Gasteiger partial charge in [-0.15, -0.1) is 0 Å². The number of amides is 1. The van der Waals surface area contributed by atoms with Gasteiger partial charge in [-0.3, -0.25) is 4.79 Å². The maximum Gasteiger partial charge on any atom is 0.222 e. The molecule has 1 heterocycles. The second kappa shape index (κ2) is 10.2. The standard InChI is InChI=1S/C16H32N2O2/c1-4-15(5-2)18(12-13-20-3)16(19)7-6-14-8-10-17-11-9-14/h14-15,17H,4-13H2,1-3H3. The monoisotopic (exact) mass is 284 g/mol. The van der Waals surface area contributed by atoms with Crippen molar-refractivity contribution in [2.45, 2.75) is 58.4 Å². The molecular formula is C16H32N2O2. The molecule has 0 bridgehead atoms. The van der Waals surface area contributed by atoms with E-state index in [1.807, 2.05) is 4.90 Å². The number of nitrogens with zero attached hydrogens (tertiary/aromatic N) is 1. The fourth-order valence-electron chi connectivity index (χ4n) is 3.07. The third-order valence-electron chi connectivity index (χ3n) is 4.47. The van der Waals surface area contributed by atoms with Gasteiger partial charge in [0.25, 0.3) is 0 Å². The highest BCUT2D eigenvalue weighted by Gasteiger charge is 2.22. The smallest absolute Gasteiger partial charge is 0.222 e. The van der Waals surface area contributed by atoms with E-state index in [0.29, 0.717) is 25.0 Å². The zero-order valence-corrected chi connectivity index (χ0v) is 13.5. The average molecular weight is 284 g/mol. The topological polar surface area (TPSA) is 41.6 Å². The molecule has 4 heteroatoms. The van der Waals surface area contributed by atoms with Gasteiger partial charge in [0, 0.05) is 26.1 Å². The van der Waals surface area contributed by atoms with Crippen LogP contribution in [0.2, 0.25) is 0 Å². The minimum absolute atomic E-state index is 0.314. The second-order valence-electron chi connectivity index (χ2n) is 5.78. The Hall–Kier alpha value is -0.610. The third-order valence-corrected chi connectivity index (χ3v) is 4.47. The fraction of sp³-hybridized carbons (Fsp3) is 0.938. The van der Waals surface area contributed by atoms with Gasteiger partial charge in [0.1, 0.15) is 0 Å². The first kappa shape index (κ1) is 17.4. The maximum absolute atomic E-state index is 12.5. The lowest BCUT2D eigenvalue weighted by Crippen LogP contribution is -2.42. The number of ether oxygens (including phenoxy) is 1.